The Balaban J connectivity index is 2.12. The predicted octanol–water partition coefficient (Wildman–Crippen LogP) is 3.51. The molecular formula is C15H10FNO2. The zero-order valence-corrected chi connectivity index (χ0v) is 10.2. The Labute approximate surface area is 108 Å². The first kappa shape index (κ1) is 11.6. The number of aryl methyl sites for hydroxylation is 1. The van der Waals surface area contributed by atoms with Crippen molar-refractivity contribution < 1.29 is 13.6 Å². The minimum atomic E-state index is -0.478. The highest BCUT2D eigenvalue weighted by molar-refractivity contribution is 6.08. The molecule has 0 radical (unpaired) electrons. The number of benzene rings is 1. The van der Waals surface area contributed by atoms with Gasteiger partial charge in [-0.2, -0.15) is 0 Å². The molecule has 0 bridgehead atoms. The van der Waals surface area contributed by atoms with Gasteiger partial charge in [-0.05, 0) is 30.7 Å². The van der Waals surface area contributed by atoms with E-state index in [1.807, 2.05) is 0 Å². The second-order valence-electron chi connectivity index (χ2n) is 4.27. The SMILES string of the molecule is Cc1cccnc1C(=O)c1cc2cccc(F)c2o1. The summed E-state index contributed by atoms with van der Waals surface area (Å²) in [6, 6.07) is 9.66. The van der Waals surface area contributed by atoms with Crippen molar-refractivity contribution in [1.82, 2.24) is 4.98 Å². The van der Waals surface area contributed by atoms with E-state index in [1.54, 1.807) is 37.4 Å². The normalized spacial score (nSPS) is 10.8. The number of carbonyl (C=O) groups excluding carboxylic acids is 1. The van der Waals surface area contributed by atoms with Gasteiger partial charge in [0.1, 0.15) is 5.69 Å². The third-order valence-corrected chi connectivity index (χ3v) is 2.94. The summed E-state index contributed by atoms with van der Waals surface area (Å²) >= 11 is 0. The molecule has 0 unspecified atom stereocenters. The number of carbonyl (C=O) groups is 1. The van der Waals surface area contributed by atoms with Crippen molar-refractivity contribution in [3.05, 3.63) is 65.4 Å². The first-order chi connectivity index (χ1) is 9.16. The molecule has 2 heterocycles. The highest BCUT2D eigenvalue weighted by atomic mass is 19.1. The largest absolute Gasteiger partial charge is 0.449 e. The first-order valence-electron chi connectivity index (χ1n) is 5.81. The lowest BCUT2D eigenvalue weighted by Crippen LogP contribution is -2.04. The van der Waals surface area contributed by atoms with Crippen LogP contribution >= 0.6 is 0 Å². The number of ketones is 1. The van der Waals surface area contributed by atoms with Crippen LogP contribution in [0.25, 0.3) is 11.0 Å². The molecule has 0 atom stereocenters. The smallest absolute Gasteiger partial charge is 0.246 e. The first-order valence-corrected chi connectivity index (χ1v) is 5.81. The van der Waals surface area contributed by atoms with E-state index in [-0.39, 0.29) is 17.1 Å². The van der Waals surface area contributed by atoms with Gasteiger partial charge in [-0.15, -0.1) is 0 Å². The van der Waals surface area contributed by atoms with Gasteiger partial charge in [0, 0.05) is 11.6 Å². The second kappa shape index (κ2) is 4.31. The van der Waals surface area contributed by atoms with Crippen molar-refractivity contribution in [3.63, 3.8) is 0 Å². The summed E-state index contributed by atoms with van der Waals surface area (Å²) in [6.07, 6.45) is 1.55. The standard InChI is InChI=1S/C15H10FNO2/c1-9-4-3-7-17-13(9)14(18)12-8-10-5-2-6-11(16)15(10)19-12/h2-8H,1H3. The Kier molecular flexibility index (Phi) is 2.63. The van der Waals surface area contributed by atoms with Gasteiger partial charge in [-0.3, -0.25) is 9.78 Å². The van der Waals surface area contributed by atoms with Crippen LogP contribution in [0.2, 0.25) is 0 Å². The van der Waals surface area contributed by atoms with E-state index in [1.165, 1.54) is 12.1 Å². The summed E-state index contributed by atoms with van der Waals surface area (Å²) in [4.78, 5) is 16.3. The summed E-state index contributed by atoms with van der Waals surface area (Å²) in [5, 5.41) is 0.567. The fourth-order valence-corrected chi connectivity index (χ4v) is 1.98. The van der Waals surface area contributed by atoms with E-state index in [9.17, 15) is 9.18 Å². The number of nitrogens with zero attached hydrogens (tertiary/aromatic N) is 1. The fourth-order valence-electron chi connectivity index (χ4n) is 1.98. The molecule has 0 aliphatic heterocycles. The molecule has 3 aromatic rings. The van der Waals surface area contributed by atoms with Crippen LogP contribution in [0, 0.1) is 12.7 Å². The molecule has 19 heavy (non-hydrogen) atoms. The third-order valence-electron chi connectivity index (χ3n) is 2.94. The molecule has 4 heteroatoms. The quantitative estimate of drug-likeness (QED) is 0.658. The number of rotatable bonds is 2. The zero-order valence-electron chi connectivity index (χ0n) is 10.2. The number of furan rings is 1. The summed E-state index contributed by atoms with van der Waals surface area (Å²) in [5.41, 5.74) is 1.18. The average molecular weight is 255 g/mol. The lowest BCUT2D eigenvalue weighted by Gasteiger charge is -1.99. The molecule has 0 spiro atoms. The monoisotopic (exact) mass is 255 g/mol. The van der Waals surface area contributed by atoms with Crippen LogP contribution in [0.1, 0.15) is 21.8 Å². The molecule has 0 saturated heterocycles. The summed E-state index contributed by atoms with van der Waals surface area (Å²) in [7, 11) is 0. The molecule has 3 rings (SSSR count). The number of hydrogen-bond donors (Lipinski definition) is 0. The number of halogens is 1. The van der Waals surface area contributed by atoms with E-state index >= 15 is 0 Å². The Morgan fingerprint density at radius 1 is 1.26 bits per heavy atom. The van der Waals surface area contributed by atoms with Crippen LogP contribution in [0.3, 0.4) is 0 Å². The van der Waals surface area contributed by atoms with Crippen LogP contribution in [0.5, 0.6) is 0 Å². The van der Waals surface area contributed by atoms with Gasteiger partial charge in [-0.25, -0.2) is 4.39 Å². The van der Waals surface area contributed by atoms with Crippen molar-refractivity contribution in [2.24, 2.45) is 0 Å². The number of para-hydroxylation sites is 1. The number of hydrogen-bond acceptors (Lipinski definition) is 3. The molecular weight excluding hydrogens is 245 g/mol. The van der Waals surface area contributed by atoms with E-state index in [4.69, 9.17) is 4.42 Å². The van der Waals surface area contributed by atoms with Crippen molar-refractivity contribution in [1.29, 1.82) is 0 Å². The molecule has 94 valence electrons. The molecule has 0 amide bonds. The van der Waals surface area contributed by atoms with Gasteiger partial charge >= 0.3 is 0 Å². The fraction of sp³-hybridized carbons (Fsp3) is 0.0667. The maximum absolute atomic E-state index is 13.5. The van der Waals surface area contributed by atoms with Crippen LogP contribution in [-0.2, 0) is 0 Å². The molecule has 3 nitrogen and oxygen atoms in total. The van der Waals surface area contributed by atoms with E-state index in [2.05, 4.69) is 4.98 Å². The lowest BCUT2D eigenvalue weighted by atomic mass is 10.1. The van der Waals surface area contributed by atoms with Crippen LogP contribution in [0.15, 0.2) is 47.0 Å². The molecule has 0 N–H and O–H groups in total. The van der Waals surface area contributed by atoms with Crippen LogP contribution < -0.4 is 0 Å². The van der Waals surface area contributed by atoms with Crippen molar-refractivity contribution in [3.8, 4) is 0 Å². The van der Waals surface area contributed by atoms with Gasteiger partial charge in [0.05, 0.1) is 0 Å². The van der Waals surface area contributed by atoms with Crippen molar-refractivity contribution in [2.75, 3.05) is 0 Å². The Hall–Kier alpha value is -2.49. The molecule has 0 fully saturated rings. The van der Waals surface area contributed by atoms with Gasteiger partial charge in [0.2, 0.25) is 5.78 Å². The molecule has 1 aromatic carbocycles. The topological polar surface area (TPSA) is 43.1 Å². The minimum absolute atomic E-state index is 0.0967. The molecule has 0 aliphatic carbocycles. The predicted molar refractivity (Wildman–Crippen MR) is 68.6 cm³/mol. The third kappa shape index (κ3) is 1.91. The van der Waals surface area contributed by atoms with Gasteiger partial charge in [-0.1, -0.05) is 18.2 Å². The van der Waals surface area contributed by atoms with Gasteiger partial charge in [0.25, 0.3) is 0 Å². The van der Waals surface area contributed by atoms with Gasteiger partial charge in [0.15, 0.2) is 17.2 Å². The van der Waals surface area contributed by atoms with Crippen molar-refractivity contribution >= 4 is 16.8 Å². The minimum Gasteiger partial charge on any atom is -0.449 e. The number of fused-ring (bicyclic) bond motifs is 1. The molecule has 2 aromatic heterocycles. The number of pyridine rings is 1. The Bertz CT molecular complexity index is 777. The molecule has 0 saturated carbocycles. The van der Waals surface area contributed by atoms with Crippen LogP contribution in [0.4, 0.5) is 4.39 Å². The highest BCUT2D eigenvalue weighted by Gasteiger charge is 2.18. The zero-order chi connectivity index (χ0) is 13.4. The Morgan fingerprint density at radius 2 is 2.11 bits per heavy atom. The summed E-state index contributed by atoms with van der Waals surface area (Å²) < 4.78 is 18.8. The molecule has 0 aliphatic rings. The average Bonchev–Trinajstić information content (AvgIpc) is 2.84. The summed E-state index contributed by atoms with van der Waals surface area (Å²) in [6.45, 7) is 1.80. The van der Waals surface area contributed by atoms with E-state index < -0.39 is 5.82 Å². The van der Waals surface area contributed by atoms with E-state index in [0.29, 0.717) is 11.1 Å². The highest BCUT2D eigenvalue weighted by Crippen LogP contribution is 2.24. The lowest BCUT2D eigenvalue weighted by molar-refractivity contribution is 0.101. The second-order valence-corrected chi connectivity index (χ2v) is 4.27. The Morgan fingerprint density at radius 3 is 2.84 bits per heavy atom. The van der Waals surface area contributed by atoms with Crippen molar-refractivity contribution in [2.45, 2.75) is 6.92 Å². The summed E-state index contributed by atoms with van der Waals surface area (Å²) in [5.74, 6) is -0.718. The van der Waals surface area contributed by atoms with Crippen LogP contribution in [-0.4, -0.2) is 10.8 Å². The van der Waals surface area contributed by atoms with E-state index in [0.717, 1.165) is 5.56 Å². The maximum atomic E-state index is 13.5. The maximum Gasteiger partial charge on any atom is 0.246 e. The number of aromatic nitrogens is 1. The van der Waals surface area contributed by atoms with Gasteiger partial charge < -0.3 is 4.42 Å².